The van der Waals surface area contributed by atoms with E-state index in [9.17, 15) is 19.2 Å². The number of carbonyl (C=O) groups excluding carboxylic acids is 4. The molecule has 1 aliphatic rings. The molecule has 0 bridgehead atoms. The third-order valence-electron chi connectivity index (χ3n) is 7.57. The summed E-state index contributed by atoms with van der Waals surface area (Å²) in [5.74, 6) is 0. The Morgan fingerprint density at radius 3 is 0.750 bits per heavy atom. The average Bonchev–Trinajstić information content (AvgIpc) is 3.07. The molecule has 0 radical (unpaired) electrons. The van der Waals surface area contributed by atoms with Gasteiger partial charge >= 0.3 is 24.4 Å². The van der Waals surface area contributed by atoms with Crippen molar-refractivity contribution in [2.24, 2.45) is 0 Å². The lowest BCUT2D eigenvalue weighted by molar-refractivity contribution is 0.0796. The van der Waals surface area contributed by atoms with Gasteiger partial charge in [-0.2, -0.15) is 0 Å². The molecule has 1 heterocycles. The van der Waals surface area contributed by atoms with Crippen molar-refractivity contribution >= 4 is 24.4 Å². The summed E-state index contributed by atoms with van der Waals surface area (Å²) in [6.07, 6.45) is 1.66. The van der Waals surface area contributed by atoms with Crippen molar-refractivity contribution in [1.82, 2.24) is 40.9 Å². The topological polar surface area (TPSA) is 166 Å². The molecule has 0 unspecified atom stereocenters. The van der Waals surface area contributed by atoms with Gasteiger partial charge in [0.15, 0.2) is 0 Å². The number of amides is 4. The summed E-state index contributed by atoms with van der Waals surface area (Å²) >= 11 is 0. The lowest BCUT2D eigenvalue weighted by Gasteiger charge is -2.34. The van der Waals surface area contributed by atoms with Gasteiger partial charge in [-0.1, -0.05) is 27.7 Å². The summed E-state index contributed by atoms with van der Waals surface area (Å²) in [6.45, 7) is 19.2. The lowest BCUT2D eigenvalue weighted by atomic mass is 10.3. The first-order chi connectivity index (χ1) is 23.3. The van der Waals surface area contributed by atoms with E-state index in [2.05, 4.69) is 40.9 Å². The highest BCUT2D eigenvalue weighted by Crippen LogP contribution is 2.03. The van der Waals surface area contributed by atoms with Gasteiger partial charge in [-0.3, -0.25) is 19.6 Å². The number of nitrogens with zero attached hydrogens (tertiary/aromatic N) is 4. The Kier molecular flexibility index (Phi) is 25.8. The van der Waals surface area contributed by atoms with Gasteiger partial charge in [0, 0.05) is 105 Å². The van der Waals surface area contributed by atoms with Gasteiger partial charge in [-0.05, 0) is 25.7 Å². The molecule has 0 spiro atoms. The highest BCUT2D eigenvalue weighted by molar-refractivity contribution is 5.68. The molecule has 1 aliphatic heterocycles. The number of alkyl carbamates (subject to hydrolysis) is 4. The number of carbonyl (C=O) groups is 4. The molecule has 16 nitrogen and oxygen atoms in total. The molecule has 0 atom stereocenters. The van der Waals surface area contributed by atoms with Gasteiger partial charge in [-0.15, -0.1) is 0 Å². The standard InChI is InChI=1S/C32H64N8O8/c1-5-9-33-29(41)45-25-21-37-13-15-38(22-26-46-30(42)34-10-6-2)17-19-40(24-28-48-32(44)36-12-8-4)20-18-39(16-14-37)23-27-47-31(43)35-11-7-3/h5-28H2,1-4H3,(H,33,41)(H,34,42)(H,35,43)(H,36,44). The molecule has 4 N–H and O–H groups in total. The highest BCUT2D eigenvalue weighted by Gasteiger charge is 2.18. The summed E-state index contributed by atoms with van der Waals surface area (Å²) in [6, 6.07) is 0. The summed E-state index contributed by atoms with van der Waals surface area (Å²) < 4.78 is 21.7. The normalized spacial score (nSPS) is 15.8. The fourth-order valence-corrected chi connectivity index (χ4v) is 4.66. The minimum absolute atomic E-state index is 0.260. The monoisotopic (exact) mass is 688 g/mol. The highest BCUT2D eigenvalue weighted by atomic mass is 16.6. The summed E-state index contributed by atoms with van der Waals surface area (Å²) in [4.78, 5) is 57.2. The third kappa shape index (κ3) is 23.3. The molecule has 1 rings (SSSR count). The molecule has 280 valence electrons. The van der Waals surface area contributed by atoms with Crippen LogP contribution in [0.4, 0.5) is 19.2 Å². The van der Waals surface area contributed by atoms with E-state index in [4.69, 9.17) is 18.9 Å². The second kappa shape index (κ2) is 28.9. The molecule has 1 fully saturated rings. The molecule has 0 aromatic carbocycles. The van der Waals surface area contributed by atoms with Crippen LogP contribution in [-0.2, 0) is 18.9 Å². The predicted molar refractivity (Wildman–Crippen MR) is 184 cm³/mol. The second-order valence-corrected chi connectivity index (χ2v) is 11.6. The van der Waals surface area contributed by atoms with E-state index in [-0.39, 0.29) is 26.4 Å². The van der Waals surface area contributed by atoms with Crippen molar-refractivity contribution in [2.75, 3.05) is 131 Å². The zero-order valence-corrected chi connectivity index (χ0v) is 30.0. The Balaban J connectivity index is 2.95. The molecule has 4 amide bonds. The summed E-state index contributed by atoms with van der Waals surface area (Å²) in [5, 5.41) is 11.0. The molecular formula is C32H64N8O8. The maximum atomic E-state index is 12.0. The van der Waals surface area contributed by atoms with E-state index >= 15 is 0 Å². The van der Waals surface area contributed by atoms with Gasteiger partial charge in [-0.25, -0.2) is 19.2 Å². The fraction of sp³-hybridized carbons (Fsp3) is 0.875. The van der Waals surface area contributed by atoms with Gasteiger partial charge in [0.1, 0.15) is 26.4 Å². The molecule has 1 saturated heterocycles. The Morgan fingerprint density at radius 1 is 0.396 bits per heavy atom. The van der Waals surface area contributed by atoms with Crippen LogP contribution in [0.3, 0.4) is 0 Å². The maximum absolute atomic E-state index is 12.0. The lowest BCUT2D eigenvalue weighted by Crippen LogP contribution is -2.48. The van der Waals surface area contributed by atoms with E-state index in [1.807, 2.05) is 27.7 Å². The van der Waals surface area contributed by atoms with Crippen LogP contribution in [0.1, 0.15) is 53.4 Å². The van der Waals surface area contributed by atoms with E-state index < -0.39 is 24.4 Å². The van der Waals surface area contributed by atoms with Crippen molar-refractivity contribution < 1.29 is 38.1 Å². The van der Waals surface area contributed by atoms with Crippen LogP contribution in [0.2, 0.25) is 0 Å². The number of nitrogens with one attached hydrogen (secondary N) is 4. The van der Waals surface area contributed by atoms with Crippen molar-refractivity contribution in [3.8, 4) is 0 Å². The minimum Gasteiger partial charge on any atom is -0.448 e. The molecular weight excluding hydrogens is 624 g/mol. The van der Waals surface area contributed by atoms with E-state index in [0.29, 0.717) is 105 Å². The zero-order chi connectivity index (χ0) is 35.2. The van der Waals surface area contributed by atoms with Crippen LogP contribution in [0, 0.1) is 0 Å². The third-order valence-corrected chi connectivity index (χ3v) is 7.57. The van der Waals surface area contributed by atoms with Crippen LogP contribution in [0.25, 0.3) is 0 Å². The SMILES string of the molecule is CCCNC(=O)OCCN1CCN(CCOC(=O)NCCC)CCN(CCOC(=O)NCCC)CCN(CCOC(=O)NCCC)CC1. The van der Waals surface area contributed by atoms with Crippen LogP contribution in [-0.4, -0.2) is 175 Å². The van der Waals surface area contributed by atoms with Crippen molar-refractivity contribution in [2.45, 2.75) is 53.4 Å². The zero-order valence-electron chi connectivity index (χ0n) is 30.0. The number of hydrogen-bond donors (Lipinski definition) is 4. The first-order valence-electron chi connectivity index (χ1n) is 17.8. The average molecular weight is 689 g/mol. The second-order valence-electron chi connectivity index (χ2n) is 11.6. The molecule has 16 heteroatoms. The number of hydrogen-bond acceptors (Lipinski definition) is 12. The van der Waals surface area contributed by atoms with Crippen molar-refractivity contribution in [3.05, 3.63) is 0 Å². The van der Waals surface area contributed by atoms with Crippen molar-refractivity contribution in [1.29, 1.82) is 0 Å². The minimum atomic E-state index is -0.418. The molecule has 0 saturated carbocycles. The van der Waals surface area contributed by atoms with E-state index in [1.54, 1.807) is 0 Å². The largest absolute Gasteiger partial charge is 0.448 e. The van der Waals surface area contributed by atoms with E-state index in [1.165, 1.54) is 0 Å². The molecule has 0 aliphatic carbocycles. The van der Waals surface area contributed by atoms with Gasteiger partial charge in [0.2, 0.25) is 0 Å². The quantitative estimate of drug-likeness (QED) is 0.137. The van der Waals surface area contributed by atoms with E-state index in [0.717, 1.165) is 25.7 Å². The van der Waals surface area contributed by atoms with Gasteiger partial charge < -0.3 is 40.2 Å². The van der Waals surface area contributed by atoms with Gasteiger partial charge in [0.25, 0.3) is 0 Å². The summed E-state index contributed by atoms with van der Waals surface area (Å²) in [7, 11) is 0. The molecule has 48 heavy (non-hydrogen) atoms. The fourth-order valence-electron chi connectivity index (χ4n) is 4.66. The summed E-state index contributed by atoms with van der Waals surface area (Å²) in [5.41, 5.74) is 0. The Bertz CT molecular complexity index is 720. The number of rotatable bonds is 20. The Hall–Kier alpha value is -3.08. The van der Waals surface area contributed by atoms with Gasteiger partial charge in [0.05, 0.1) is 0 Å². The van der Waals surface area contributed by atoms with Crippen LogP contribution >= 0.6 is 0 Å². The number of ether oxygens (including phenoxy) is 4. The Morgan fingerprint density at radius 2 is 0.583 bits per heavy atom. The first-order valence-corrected chi connectivity index (χ1v) is 17.8. The smallest absolute Gasteiger partial charge is 0.407 e. The van der Waals surface area contributed by atoms with Crippen LogP contribution < -0.4 is 21.3 Å². The first kappa shape index (κ1) is 42.9. The maximum Gasteiger partial charge on any atom is 0.407 e. The van der Waals surface area contributed by atoms with Crippen LogP contribution in [0.5, 0.6) is 0 Å². The van der Waals surface area contributed by atoms with Crippen LogP contribution in [0.15, 0.2) is 0 Å². The Labute approximate surface area is 287 Å². The predicted octanol–water partition coefficient (Wildman–Crippen LogP) is 1.75. The molecule has 0 aromatic heterocycles. The van der Waals surface area contributed by atoms with Crippen molar-refractivity contribution in [3.63, 3.8) is 0 Å². The molecule has 0 aromatic rings.